The first-order chi connectivity index (χ1) is 12.3. The van der Waals surface area contributed by atoms with E-state index >= 15 is 0 Å². The van der Waals surface area contributed by atoms with Crippen LogP contribution in [0.5, 0.6) is 0 Å². The van der Waals surface area contributed by atoms with Crippen LogP contribution in [0, 0.1) is 0 Å². The lowest BCUT2D eigenvalue weighted by atomic mass is 10.0. The summed E-state index contributed by atoms with van der Waals surface area (Å²) in [5.41, 5.74) is 0. The molecule has 1 atom stereocenters. The maximum absolute atomic E-state index is 4.80. The zero-order valence-corrected chi connectivity index (χ0v) is 18.8. The van der Waals surface area contributed by atoms with Gasteiger partial charge < -0.3 is 0 Å². The van der Waals surface area contributed by atoms with Gasteiger partial charge in [-0.25, -0.2) is 0 Å². The summed E-state index contributed by atoms with van der Waals surface area (Å²) in [6, 6.07) is 0. The normalized spacial score (nSPS) is 12.6. The van der Waals surface area contributed by atoms with Gasteiger partial charge in [-0.3, -0.25) is 0 Å². The lowest BCUT2D eigenvalue weighted by Crippen LogP contribution is -1.98. The molecule has 0 aliphatic carbocycles. The second-order valence-corrected chi connectivity index (χ2v) is 8.97. The third-order valence-corrected chi connectivity index (χ3v) is 6.05. The van der Waals surface area contributed by atoms with E-state index in [0.717, 1.165) is 0 Å². The fourth-order valence-electron chi connectivity index (χ4n) is 3.70. The van der Waals surface area contributed by atoms with E-state index in [1.807, 2.05) is 0 Å². The molecule has 25 heavy (non-hydrogen) atoms. The minimum absolute atomic E-state index is 0.665. The van der Waals surface area contributed by atoms with Crippen molar-refractivity contribution in [1.29, 1.82) is 0 Å². The van der Waals surface area contributed by atoms with Crippen molar-refractivity contribution >= 4 is 12.6 Å². The summed E-state index contributed by atoms with van der Waals surface area (Å²) in [4.78, 5) is 0. The van der Waals surface area contributed by atoms with Gasteiger partial charge >= 0.3 is 0 Å². The van der Waals surface area contributed by atoms with Crippen LogP contribution in [0.2, 0.25) is 0 Å². The van der Waals surface area contributed by atoms with E-state index in [2.05, 4.69) is 13.8 Å². The molecule has 0 aromatic rings. The van der Waals surface area contributed by atoms with Crippen molar-refractivity contribution in [3.05, 3.63) is 0 Å². The quantitative estimate of drug-likeness (QED) is 0.151. The highest BCUT2D eigenvalue weighted by Crippen LogP contribution is 2.18. The van der Waals surface area contributed by atoms with Crippen molar-refractivity contribution in [3.63, 3.8) is 0 Å². The molecule has 0 rings (SSSR count). The largest absolute Gasteiger partial charge is 0.176 e. The minimum Gasteiger partial charge on any atom is -0.176 e. The van der Waals surface area contributed by atoms with E-state index < -0.39 is 0 Å². The number of hydrogen-bond donors (Lipinski definition) is 1. The van der Waals surface area contributed by atoms with Crippen LogP contribution >= 0.6 is 12.6 Å². The summed E-state index contributed by atoms with van der Waals surface area (Å²) >= 11 is 4.80. The lowest BCUT2D eigenvalue weighted by Gasteiger charge is -2.10. The highest BCUT2D eigenvalue weighted by atomic mass is 32.1. The molecule has 0 N–H and O–H groups in total. The van der Waals surface area contributed by atoms with Gasteiger partial charge in [-0.15, -0.1) is 0 Å². The number of rotatable bonds is 21. The Morgan fingerprint density at radius 2 is 0.640 bits per heavy atom. The van der Waals surface area contributed by atoms with Crippen LogP contribution in [0.3, 0.4) is 0 Å². The molecule has 152 valence electrons. The maximum atomic E-state index is 4.80. The van der Waals surface area contributed by atoms with Gasteiger partial charge in [0.2, 0.25) is 0 Å². The van der Waals surface area contributed by atoms with Crippen LogP contribution in [0.25, 0.3) is 0 Å². The highest BCUT2D eigenvalue weighted by Gasteiger charge is 2.03. The molecule has 0 aliphatic rings. The van der Waals surface area contributed by atoms with Gasteiger partial charge in [0.15, 0.2) is 0 Å². The van der Waals surface area contributed by atoms with E-state index in [4.69, 9.17) is 12.6 Å². The van der Waals surface area contributed by atoms with Gasteiger partial charge in [0.05, 0.1) is 0 Å². The average Bonchev–Trinajstić information content (AvgIpc) is 2.62. The molecule has 0 aliphatic heterocycles. The van der Waals surface area contributed by atoms with Crippen molar-refractivity contribution in [2.75, 3.05) is 0 Å². The smallest absolute Gasteiger partial charge is 0.00168 e. The zero-order valence-electron chi connectivity index (χ0n) is 17.9. The molecule has 0 spiro atoms. The second-order valence-electron chi connectivity index (χ2n) is 8.24. The van der Waals surface area contributed by atoms with Crippen molar-refractivity contribution < 1.29 is 0 Å². The highest BCUT2D eigenvalue weighted by molar-refractivity contribution is 7.80. The molecule has 0 aromatic carbocycles. The van der Waals surface area contributed by atoms with Crippen LogP contribution < -0.4 is 0 Å². The molecule has 0 saturated carbocycles. The molecule has 0 bridgehead atoms. The Labute approximate surface area is 166 Å². The van der Waals surface area contributed by atoms with Crippen molar-refractivity contribution in [1.82, 2.24) is 0 Å². The van der Waals surface area contributed by atoms with Gasteiger partial charge in [-0.05, 0) is 12.8 Å². The Balaban J connectivity index is 3.11. The molecule has 0 fully saturated rings. The molecule has 0 radical (unpaired) electrons. The van der Waals surface area contributed by atoms with E-state index in [-0.39, 0.29) is 0 Å². The molecule has 0 nitrogen and oxygen atoms in total. The molecule has 0 saturated heterocycles. The average molecular weight is 371 g/mol. The molecule has 0 aromatic heterocycles. The number of thiol groups is 1. The summed E-state index contributed by atoms with van der Waals surface area (Å²) in [5, 5.41) is 0.665. The molecule has 1 unspecified atom stereocenters. The number of unbranched alkanes of at least 4 members (excludes halogenated alkanes) is 17. The molecule has 1 heteroatoms. The Kier molecular flexibility index (Phi) is 22.7. The zero-order chi connectivity index (χ0) is 18.4. The molecular formula is C24H50S. The topological polar surface area (TPSA) is 0 Å². The van der Waals surface area contributed by atoms with Gasteiger partial charge in [-0.2, -0.15) is 12.6 Å². The van der Waals surface area contributed by atoms with Crippen LogP contribution in [0.1, 0.15) is 149 Å². The first-order valence-corrected chi connectivity index (χ1v) is 12.5. The Morgan fingerprint density at radius 1 is 0.400 bits per heavy atom. The first-order valence-electron chi connectivity index (χ1n) is 12.0. The van der Waals surface area contributed by atoms with E-state index in [1.165, 1.54) is 135 Å². The summed E-state index contributed by atoms with van der Waals surface area (Å²) < 4.78 is 0. The van der Waals surface area contributed by atoms with E-state index in [1.54, 1.807) is 0 Å². The molecular weight excluding hydrogens is 320 g/mol. The summed E-state index contributed by atoms with van der Waals surface area (Å²) in [7, 11) is 0. The fraction of sp³-hybridized carbons (Fsp3) is 1.00. The summed E-state index contributed by atoms with van der Waals surface area (Å²) in [6.07, 6.45) is 30.0. The van der Waals surface area contributed by atoms with Gasteiger partial charge in [0.1, 0.15) is 0 Å². The Hall–Kier alpha value is 0.350. The van der Waals surface area contributed by atoms with Crippen LogP contribution in [0.4, 0.5) is 0 Å². The maximum Gasteiger partial charge on any atom is 0.00168 e. The SMILES string of the molecule is CCCCCCCCCCCCCC(S)CCCCCCCCCC. The Bertz CT molecular complexity index is 226. The van der Waals surface area contributed by atoms with Gasteiger partial charge in [0, 0.05) is 5.25 Å². The third kappa shape index (κ3) is 22.3. The molecule has 0 amide bonds. The van der Waals surface area contributed by atoms with Crippen LogP contribution in [-0.4, -0.2) is 5.25 Å². The third-order valence-electron chi connectivity index (χ3n) is 5.53. The van der Waals surface area contributed by atoms with Gasteiger partial charge in [0.25, 0.3) is 0 Å². The predicted molar refractivity (Wildman–Crippen MR) is 121 cm³/mol. The lowest BCUT2D eigenvalue weighted by molar-refractivity contribution is 0.526. The molecule has 0 heterocycles. The fourth-order valence-corrected chi connectivity index (χ4v) is 4.07. The van der Waals surface area contributed by atoms with Crippen LogP contribution in [0.15, 0.2) is 0 Å². The van der Waals surface area contributed by atoms with E-state index in [0.29, 0.717) is 5.25 Å². The standard InChI is InChI=1S/C24H50S/c1-3-5-7-9-11-13-14-15-17-19-21-23-24(25)22-20-18-16-12-10-8-6-4-2/h24-25H,3-23H2,1-2H3. The van der Waals surface area contributed by atoms with Crippen molar-refractivity contribution in [3.8, 4) is 0 Å². The predicted octanol–water partition coefficient (Wildman–Crippen LogP) is 9.52. The minimum atomic E-state index is 0.665. The first kappa shape index (κ1) is 25.4. The summed E-state index contributed by atoms with van der Waals surface area (Å²) in [6.45, 7) is 4.59. The van der Waals surface area contributed by atoms with Crippen molar-refractivity contribution in [2.45, 2.75) is 154 Å². The van der Waals surface area contributed by atoms with Gasteiger partial charge in [-0.1, -0.05) is 136 Å². The monoisotopic (exact) mass is 370 g/mol. The Morgan fingerprint density at radius 3 is 0.920 bits per heavy atom. The van der Waals surface area contributed by atoms with Crippen molar-refractivity contribution in [2.24, 2.45) is 0 Å². The van der Waals surface area contributed by atoms with E-state index in [9.17, 15) is 0 Å². The summed E-state index contributed by atoms with van der Waals surface area (Å²) in [5.74, 6) is 0. The number of hydrogen-bond acceptors (Lipinski definition) is 1. The van der Waals surface area contributed by atoms with Crippen LogP contribution in [-0.2, 0) is 0 Å². The second kappa shape index (κ2) is 22.4.